The van der Waals surface area contributed by atoms with E-state index in [4.69, 9.17) is 16.3 Å². The van der Waals surface area contributed by atoms with E-state index >= 15 is 0 Å². The van der Waals surface area contributed by atoms with E-state index in [0.717, 1.165) is 0 Å². The summed E-state index contributed by atoms with van der Waals surface area (Å²) in [6.07, 6.45) is 0.375. The van der Waals surface area contributed by atoms with Crippen LogP contribution in [0, 0.1) is 0 Å². The molecule has 8 nitrogen and oxygen atoms in total. The van der Waals surface area contributed by atoms with Crippen LogP contribution in [0.25, 0.3) is 10.9 Å². The predicted molar refractivity (Wildman–Crippen MR) is 121 cm³/mol. The summed E-state index contributed by atoms with van der Waals surface area (Å²) < 4.78 is 7.41. The highest BCUT2D eigenvalue weighted by Gasteiger charge is 2.37. The molecule has 0 saturated carbocycles. The molecule has 2 heterocycles. The summed E-state index contributed by atoms with van der Waals surface area (Å²) in [5.74, 6) is 0. The molecule has 10 heteroatoms. The lowest BCUT2D eigenvalue weighted by molar-refractivity contribution is -0.0368. The third kappa shape index (κ3) is 5.77. The van der Waals surface area contributed by atoms with Crippen LogP contribution in [0.15, 0.2) is 27.7 Å². The minimum atomic E-state index is -0.981. The Kier molecular flexibility index (Phi) is 7.30. The Morgan fingerprint density at radius 1 is 1.42 bits per heavy atom. The molecule has 31 heavy (non-hydrogen) atoms. The van der Waals surface area contributed by atoms with Crippen molar-refractivity contribution in [1.82, 2.24) is 14.5 Å². The molecule has 0 bridgehead atoms. The Hall–Kier alpha value is -1.68. The van der Waals surface area contributed by atoms with Gasteiger partial charge in [0.1, 0.15) is 5.60 Å². The van der Waals surface area contributed by atoms with Gasteiger partial charge in [-0.05, 0) is 68.1 Å². The number of aliphatic hydroxyl groups excluding tert-OH is 2. The minimum absolute atomic E-state index is 0.0269. The SMILES string of the molecule is CC(C)(C)OC(=O)N1CCC[C@H](O)[C@H]1C[C@@H](O)Cn1cnc2cc(Br)c(Cl)cc2c1=O. The van der Waals surface area contributed by atoms with Crippen molar-refractivity contribution >= 4 is 44.5 Å². The summed E-state index contributed by atoms with van der Waals surface area (Å²) in [5.41, 5.74) is -0.499. The number of amides is 1. The van der Waals surface area contributed by atoms with Crippen LogP contribution in [0.4, 0.5) is 4.79 Å². The number of piperidine rings is 1. The first kappa shape index (κ1) is 24.0. The highest BCUT2D eigenvalue weighted by Crippen LogP contribution is 2.26. The lowest BCUT2D eigenvalue weighted by Gasteiger charge is -2.40. The van der Waals surface area contributed by atoms with E-state index < -0.39 is 29.9 Å². The number of fused-ring (bicyclic) bond motifs is 1. The maximum atomic E-state index is 12.8. The van der Waals surface area contributed by atoms with Crippen molar-refractivity contribution < 1.29 is 19.7 Å². The summed E-state index contributed by atoms with van der Waals surface area (Å²) in [4.78, 5) is 31.2. The van der Waals surface area contributed by atoms with Gasteiger partial charge >= 0.3 is 6.09 Å². The molecular formula is C21H27BrClN3O5. The molecule has 0 spiro atoms. The molecule has 1 amide bonds. The first-order valence-electron chi connectivity index (χ1n) is 10.2. The Balaban J connectivity index is 1.77. The van der Waals surface area contributed by atoms with Gasteiger partial charge in [-0.25, -0.2) is 9.78 Å². The summed E-state index contributed by atoms with van der Waals surface area (Å²) in [6.45, 7) is 5.74. The minimum Gasteiger partial charge on any atom is -0.444 e. The first-order valence-corrected chi connectivity index (χ1v) is 11.3. The summed E-state index contributed by atoms with van der Waals surface area (Å²) >= 11 is 9.41. The van der Waals surface area contributed by atoms with E-state index in [2.05, 4.69) is 20.9 Å². The van der Waals surface area contributed by atoms with Crippen LogP contribution in [0.2, 0.25) is 5.02 Å². The fourth-order valence-electron chi connectivity index (χ4n) is 3.73. The largest absolute Gasteiger partial charge is 0.444 e. The Bertz CT molecular complexity index is 1020. The number of rotatable bonds is 4. The van der Waals surface area contributed by atoms with Gasteiger partial charge in [0, 0.05) is 11.0 Å². The topological polar surface area (TPSA) is 105 Å². The van der Waals surface area contributed by atoms with E-state index in [1.165, 1.54) is 21.9 Å². The van der Waals surface area contributed by atoms with Gasteiger partial charge in [-0.3, -0.25) is 9.36 Å². The predicted octanol–water partition coefficient (Wildman–Crippen LogP) is 3.32. The molecule has 1 aromatic heterocycles. The van der Waals surface area contributed by atoms with Crippen molar-refractivity contribution in [2.45, 2.75) is 70.4 Å². The average molecular weight is 517 g/mol. The number of nitrogens with zero attached hydrogens (tertiary/aromatic N) is 3. The molecule has 170 valence electrons. The van der Waals surface area contributed by atoms with Crippen molar-refractivity contribution in [3.05, 3.63) is 38.3 Å². The van der Waals surface area contributed by atoms with Crippen LogP contribution >= 0.6 is 27.5 Å². The van der Waals surface area contributed by atoms with E-state index in [1.54, 1.807) is 26.8 Å². The molecule has 1 saturated heterocycles. The van der Waals surface area contributed by atoms with Crippen LogP contribution in [-0.2, 0) is 11.3 Å². The van der Waals surface area contributed by atoms with Crippen LogP contribution in [0.1, 0.15) is 40.0 Å². The van der Waals surface area contributed by atoms with Crippen molar-refractivity contribution in [2.24, 2.45) is 0 Å². The zero-order valence-corrected chi connectivity index (χ0v) is 20.1. The maximum absolute atomic E-state index is 12.8. The first-order chi connectivity index (χ1) is 14.5. The highest BCUT2D eigenvalue weighted by atomic mass is 79.9. The molecule has 0 aliphatic carbocycles. The van der Waals surface area contributed by atoms with E-state index in [1.807, 2.05) is 0 Å². The number of aliphatic hydroxyl groups is 2. The normalized spacial score (nSPS) is 20.7. The van der Waals surface area contributed by atoms with Crippen molar-refractivity contribution in [3.8, 4) is 0 Å². The van der Waals surface area contributed by atoms with Gasteiger partial charge in [-0.15, -0.1) is 0 Å². The van der Waals surface area contributed by atoms with Gasteiger partial charge in [-0.1, -0.05) is 11.6 Å². The Morgan fingerprint density at radius 2 is 2.13 bits per heavy atom. The van der Waals surface area contributed by atoms with E-state index in [-0.39, 0.29) is 18.5 Å². The zero-order chi connectivity index (χ0) is 22.9. The van der Waals surface area contributed by atoms with Crippen LogP contribution in [0.5, 0.6) is 0 Å². The number of halogens is 2. The number of benzene rings is 1. The molecule has 0 unspecified atom stereocenters. The number of carbonyl (C=O) groups is 1. The van der Waals surface area contributed by atoms with Crippen molar-refractivity contribution in [2.75, 3.05) is 6.54 Å². The average Bonchev–Trinajstić information content (AvgIpc) is 2.66. The van der Waals surface area contributed by atoms with Crippen molar-refractivity contribution in [3.63, 3.8) is 0 Å². The lowest BCUT2D eigenvalue weighted by Crippen LogP contribution is -2.53. The Labute approximate surface area is 193 Å². The Morgan fingerprint density at radius 3 is 2.81 bits per heavy atom. The second-order valence-corrected chi connectivity index (χ2v) is 10.1. The van der Waals surface area contributed by atoms with Crippen LogP contribution in [-0.4, -0.2) is 61.2 Å². The summed E-state index contributed by atoms with van der Waals surface area (Å²) in [7, 11) is 0. The molecular weight excluding hydrogens is 490 g/mol. The van der Waals surface area contributed by atoms with Crippen molar-refractivity contribution in [1.29, 1.82) is 0 Å². The van der Waals surface area contributed by atoms with Gasteiger partial charge in [-0.2, -0.15) is 0 Å². The third-order valence-corrected chi connectivity index (χ3v) is 6.36. The molecule has 2 N–H and O–H groups in total. The number of aromatic nitrogens is 2. The van der Waals surface area contributed by atoms with E-state index in [0.29, 0.717) is 39.8 Å². The molecule has 3 rings (SSSR count). The number of hydrogen-bond acceptors (Lipinski definition) is 6. The monoisotopic (exact) mass is 515 g/mol. The molecule has 1 aliphatic heterocycles. The second-order valence-electron chi connectivity index (χ2n) is 8.83. The molecule has 1 aromatic carbocycles. The highest BCUT2D eigenvalue weighted by molar-refractivity contribution is 9.10. The van der Waals surface area contributed by atoms with E-state index in [9.17, 15) is 19.8 Å². The zero-order valence-electron chi connectivity index (χ0n) is 17.7. The summed E-state index contributed by atoms with van der Waals surface area (Å²) in [6, 6.07) is 2.60. The fraction of sp³-hybridized carbons (Fsp3) is 0.571. The number of hydrogen-bond donors (Lipinski definition) is 2. The van der Waals surface area contributed by atoms with Crippen LogP contribution < -0.4 is 5.56 Å². The molecule has 3 atom stereocenters. The standard InChI is InChI=1S/C21H27BrClN3O5/c1-21(2,3)31-20(30)26-6-4-5-18(28)17(26)7-12(27)10-25-11-24-16-9-14(22)15(23)8-13(16)19(25)29/h8-9,11-12,17-18,27-28H,4-7,10H2,1-3H3/t12-,17-,18+/m1/s1. The van der Waals surface area contributed by atoms with Gasteiger partial charge in [0.25, 0.3) is 5.56 Å². The maximum Gasteiger partial charge on any atom is 0.410 e. The molecule has 2 aromatic rings. The number of carbonyl (C=O) groups excluding carboxylic acids is 1. The molecule has 1 fully saturated rings. The quantitative estimate of drug-likeness (QED) is 0.646. The second kappa shape index (κ2) is 9.44. The van der Waals surface area contributed by atoms with Gasteiger partial charge in [0.2, 0.25) is 0 Å². The molecule has 0 radical (unpaired) electrons. The third-order valence-electron chi connectivity index (χ3n) is 5.16. The molecule has 1 aliphatic rings. The fourth-order valence-corrected chi connectivity index (χ4v) is 4.23. The summed E-state index contributed by atoms with van der Waals surface area (Å²) in [5, 5.41) is 21.9. The van der Waals surface area contributed by atoms with Gasteiger partial charge in [0.15, 0.2) is 0 Å². The van der Waals surface area contributed by atoms with Gasteiger partial charge in [0.05, 0.1) is 47.0 Å². The van der Waals surface area contributed by atoms with Gasteiger partial charge < -0.3 is 19.8 Å². The smallest absolute Gasteiger partial charge is 0.410 e. The lowest BCUT2D eigenvalue weighted by atomic mass is 9.94. The number of ether oxygens (including phenoxy) is 1. The van der Waals surface area contributed by atoms with Crippen LogP contribution in [0.3, 0.4) is 0 Å². The number of likely N-dealkylation sites (tertiary alicyclic amines) is 1.